The summed E-state index contributed by atoms with van der Waals surface area (Å²) in [7, 11) is 0. The van der Waals surface area contributed by atoms with Crippen molar-refractivity contribution in [2.24, 2.45) is 0 Å². The molecule has 20 heavy (non-hydrogen) atoms. The molecule has 0 spiro atoms. The van der Waals surface area contributed by atoms with Crippen LogP contribution in [0.15, 0.2) is 42.9 Å². The lowest BCUT2D eigenvalue weighted by Crippen LogP contribution is -2.23. The second kappa shape index (κ2) is 5.43. The Morgan fingerprint density at radius 3 is 2.80 bits per heavy atom. The van der Waals surface area contributed by atoms with E-state index in [9.17, 15) is 4.79 Å². The number of carbonyl (C=O) groups is 1. The third kappa shape index (κ3) is 2.70. The van der Waals surface area contributed by atoms with Gasteiger partial charge < -0.3 is 4.90 Å². The van der Waals surface area contributed by atoms with E-state index in [-0.39, 0.29) is 5.91 Å². The van der Waals surface area contributed by atoms with Crippen molar-refractivity contribution in [3.8, 4) is 0 Å². The van der Waals surface area contributed by atoms with Crippen LogP contribution in [0.5, 0.6) is 0 Å². The number of benzene rings is 1. The highest BCUT2D eigenvalue weighted by Gasteiger charge is 2.22. The van der Waals surface area contributed by atoms with Crippen LogP contribution in [-0.2, 0) is 17.9 Å². The van der Waals surface area contributed by atoms with Gasteiger partial charge in [-0.25, -0.2) is 9.97 Å². The molecule has 0 bridgehead atoms. The Balaban J connectivity index is 1.68. The smallest absolute Gasteiger partial charge is 0.247 e. The molecule has 0 atom stereocenters. The van der Waals surface area contributed by atoms with Crippen LogP contribution in [0.4, 0.5) is 0 Å². The fraction of sp³-hybridized carbons (Fsp3) is 0.133. The molecule has 0 saturated heterocycles. The lowest BCUT2D eigenvalue weighted by atomic mass is 10.2. The van der Waals surface area contributed by atoms with Gasteiger partial charge in [0.2, 0.25) is 5.91 Å². The maximum atomic E-state index is 12.1. The van der Waals surface area contributed by atoms with Gasteiger partial charge in [-0.1, -0.05) is 23.7 Å². The topological polar surface area (TPSA) is 46.1 Å². The van der Waals surface area contributed by atoms with Crippen molar-refractivity contribution in [3.05, 3.63) is 64.7 Å². The van der Waals surface area contributed by atoms with Crippen molar-refractivity contribution in [2.45, 2.75) is 13.1 Å². The zero-order valence-corrected chi connectivity index (χ0v) is 11.4. The Kier molecular flexibility index (Phi) is 3.48. The molecule has 1 aliphatic rings. The molecule has 4 nitrogen and oxygen atoms in total. The first-order valence-corrected chi connectivity index (χ1v) is 6.60. The third-order valence-corrected chi connectivity index (χ3v) is 3.44. The van der Waals surface area contributed by atoms with Crippen LogP contribution in [0.25, 0.3) is 6.08 Å². The Bertz CT molecular complexity index is 642. The molecule has 0 saturated carbocycles. The Hall–Kier alpha value is -2.20. The molecule has 5 heteroatoms. The Morgan fingerprint density at radius 1 is 1.25 bits per heavy atom. The maximum Gasteiger partial charge on any atom is 0.247 e. The van der Waals surface area contributed by atoms with E-state index in [0.29, 0.717) is 18.1 Å². The largest absolute Gasteiger partial charge is 0.329 e. The van der Waals surface area contributed by atoms with Crippen molar-refractivity contribution < 1.29 is 4.79 Å². The van der Waals surface area contributed by atoms with E-state index in [0.717, 1.165) is 16.8 Å². The SMILES string of the molecule is O=C(/C=C/c1ccc(Cl)cc1)N1Cc2cncnc2C1. The van der Waals surface area contributed by atoms with Gasteiger partial charge in [-0.15, -0.1) is 0 Å². The lowest BCUT2D eigenvalue weighted by molar-refractivity contribution is -0.126. The zero-order valence-electron chi connectivity index (χ0n) is 10.7. The van der Waals surface area contributed by atoms with Gasteiger partial charge in [0.15, 0.2) is 0 Å². The molecule has 2 aromatic rings. The highest BCUT2D eigenvalue weighted by Crippen LogP contribution is 2.19. The van der Waals surface area contributed by atoms with Crippen molar-refractivity contribution >= 4 is 23.6 Å². The highest BCUT2D eigenvalue weighted by molar-refractivity contribution is 6.30. The summed E-state index contributed by atoms with van der Waals surface area (Å²) in [5.41, 5.74) is 2.88. The number of fused-ring (bicyclic) bond motifs is 1. The first-order chi connectivity index (χ1) is 9.72. The van der Waals surface area contributed by atoms with E-state index in [2.05, 4.69) is 9.97 Å². The fourth-order valence-corrected chi connectivity index (χ4v) is 2.23. The van der Waals surface area contributed by atoms with E-state index in [1.807, 2.05) is 12.1 Å². The number of carbonyl (C=O) groups excluding carboxylic acids is 1. The second-order valence-electron chi connectivity index (χ2n) is 4.57. The van der Waals surface area contributed by atoms with E-state index in [1.165, 1.54) is 6.33 Å². The van der Waals surface area contributed by atoms with E-state index >= 15 is 0 Å². The normalized spacial score (nSPS) is 13.8. The number of hydrogen-bond donors (Lipinski definition) is 0. The first kappa shape index (κ1) is 12.8. The lowest BCUT2D eigenvalue weighted by Gasteiger charge is -2.11. The molecule has 3 rings (SSSR count). The molecule has 0 fully saturated rings. The monoisotopic (exact) mass is 285 g/mol. The summed E-state index contributed by atoms with van der Waals surface area (Å²) >= 11 is 5.82. The van der Waals surface area contributed by atoms with Gasteiger partial charge in [0.05, 0.1) is 12.2 Å². The van der Waals surface area contributed by atoms with Gasteiger partial charge in [0.1, 0.15) is 6.33 Å². The quantitative estimate of drug-likeness (QED) is 0.797. The molecule has 0 unspecified atom stereocenters. The molecule has 1 amide bonds. The summed E-state index contributed by atoms with van der Waals surface area (Å²) in [5.74, 6) is -0.0297. The summed E-state index contributed by atoms with van der Waals surface area (Å²) < 4.78 is 0. The average Bonchev–Trinajstić information content (AvgIpc) is 2.90. The summed E-state index contributed by atoms with van der Waals surface area (Å²) in [6.07, 6.45) is 6.63. The van der Waals surface area contributed by atoms with Crippen molar-refractivity contribution in [3.63, 3.8) is 0 Å². The minimum absolute atomic E-state index is 0.0297. The van der Waals surface area contributed by atoms with E-state index in [4.69, 9.17) is 11.6 Å². The number of amides is 1. The highest BCUT2D eigenvalue weighted by atomic mass is 35.5. The van der Waals surface area contributed by atoms with Gasteiger partial charge in [0.25, 0.3) is 0 Å². The fourth-order valence-electron chi connectivity index (χ4n) is 2.10. The molecular weight excluding hydrogens is 274 g/mol. The van der Waals surface area contributed by atoms with Crippen molar-refractivity contribution in [1.82, 2.24) is 14.9 Å². The molecule has 1 aliphatic heterocycles. The Morgan fingerprint density at radius 2 is 2.05 bits per heavy atom. The first-order valence-electron chi connectivity index (χ1n) is 6.23. The van der Waals surface area contributed by atoms with Crippen molar-refractivity contribution in [1.29, 1.82) is 0 Å². The minimum atomic E-state index is -0.0297. The van der Waals surface area contributed by atoms with Gasteiger partial charge in [0, 0.05) is 29.4 Å². The van der Waals surface area contributed by atoms with Crippen LogP contribution in [0.1, 0.15) is 16.8 Å². The zero-order chi connectivity index (χ0) is 13.9. The van der Waals surface area contributed by atoms with E-state index in [1.54, 1.807) is 35.4 Å². The Labute approximate surface area is 121 Å². The minimum Gasteiger partial charge on any atom is -0.329 e. The second-order valence-corrected chi connectivity index (χ2v) is 5.01. The van der Waals surface area contributed by atoms with Crippen molar-refractivity contribution in [2.75, 3.05) is 0 Å². The number of rotatable bonds is 2. The molecule has 2 heterocycles. The van der Waals surface area contributed by atoms with Crippen LogP contribution < -0.4 is 0 Å². The number of aromatic nitrogens is 2. The van der Waals surface area contributed by atoms with Gasteiger partial charge in [-0.05, 0) is 23.8 Å². The van der Waals surface area contributed by atoms with Crippen LogP contribution in [0.2, 0.25) is 5.02 Å². The summed E-state index contributed by atoms with van der Waals surface area (Å²) in [4.78, 5) is 22.0. The molecule has 0 aliphatic carbocycles. The van der Waals surface area contributed by atoms with Crippen LogP contribution in [-0.4, -0.2) is 20.8 Å². The summed E-state index contributed by atoms with van der Waals surface area (Å²) in [5, 5.41) is 0.682. The van der Waals surface area contributed by atoms with Gasteiger partial charge in [-0.2, -0.15) is 0 Å². The standard InChI is InChI=1S/C15H12ClN3O/c16-13-4-1-11(2-5-13)3-6-15(20)19-8-12-7-17-10-18-14(12)9-19/h1-7,10H,8-9H2/b6-3+. The van der Waals surface area contributed by atoms with E-state index < -0.39 is 0 Å². The number of nitrogens with zero attached hydrogens (tertiary/aromatic N) is 3. The molecule has 0 N–H and O–H groups in total. The predicted octanol–water partition coefficient (Wildman–Crippen LogP) is 2.69. The molecular formula is C15H12ClN3O. The maximum absolute atomic E-state index is 12.1. The predicted molar refractivity (Wildman–Crippen MR) is 76.8 cm³/mol. The van der Waals surface area contributed by atoms with Crippen LogP contribution in [0.3, 0.4) is 0 Å². The molecule has 1 aromatic carbocycles. The van der Waals surface area contributed by atoms with Crippen LogP contribution >= 0.6 is 11.6 Å². The number of halogens is 1. The average molecular weight is 286 g/mol. The van der Waals surface area contributed by atoms with Crippen LogP contribution in [0, 0.1) is 0 Å². The molecule has 0 radical (unpaired) electrons. The van der Waals surface area contributed by atoms with Gasteiger partial charge in [-0.3, -0.25) is 4.79 Å². The summed E-state index contributed by atoms with van der Waals surface area (Å²) in [6.45, 7) is 1.11. The third-order valence-electron chi connectivity index (χ3n) is 3.18. The van der Waals surface area contributed by atoms with Gasteiger partial charge >= 0.3 is 0 Å². The number of hydrogen-bond acceptors (Lipinski definition) is 3. The molecule has 100 valence electrons. The molecule has 1 aromatic heterocycles. The summed E-state index contributed by atoms with van der Waals surface area (Å²) in [6, 6.07) is 7.34.